The number of methoxy groups -OCH3 is 2. The zero-order valence-electron chi connectivity index (χ0n) is 16.4. The van der Waals surface area contributed by atoms with Crippen molar-refractivity contribution in [3.05, 3.63) is 59.7 Å². The summed E-state index contributed by atoms with van der Waals surface area (Å²) in [5.41, 5.74) is 2.10. The van der Waals surface area contributed by atoms with Gasteiger partial charge in [-0.05, 0) is 43.1 Å². The minimum absolute atomic E-state index is 0.182. The Morgan fingerprint density at radius 2 is 1.70 bits per heavy atom. The Balaban J connectivity index is 1.84. The van der Waals surface area contributed by atoms with Crippen molar-refractivity contribution < 1.29 is 14.3 Å². The highest BCUT2D eigenvalue weighted by molar-refractivity contribution is 5.83. The summed E-state index contributed by atoms with van der Waals surface area (Å²) in [5, 5.41) is 0. The molecule has 5 nitrogen and oxygen atoms in total. The van der Waals surface area contributed by atoms with E-state index in [9.17, 15) is 4.79 Å². The van der Waals surface area contributed by atoms with Gasteiger partial charge in [0, 0.05) is 19.6 Å². The van der Waals surface area contributed by atoms with Crippen LogP contribution in [0.5, 0.6) is 11.5 Å². The van der Waals surface area contributed by atoms with E-state index in [-0.39, 0.29) is 11.9 Å². The van der Waals surface area contributed by atoms with Gasteiger partial charge in [0.05, 0.1) is 14.2 Å². The minimum atomic E-state index is -0.294. The van der Waals surface area contributed by atoms with E-state index in [1.165, 1.54) is 0 Å². The predicted molar refractivity (Wildman–Crippen MR) is 106 cm³/mol. The van der Waals surface area contributed by atoms with Crippen molar-refractivity contribution in [1.29, 1.82) is 0 Å². The monoisotopic (exact) mass is 368 g/mol. The standard InChI is InChI=1S/C22H28N2O3/c1-23(16-17-11-12-19(26-2)20(15-17)27-3)21(18-9-5-4-6-10-18)22(25)24-13-7-8-14-24/h4-6,9-12,15,21H,7-8,13-14,16H2,1-3H3/t21-/m0/s1. The molecule has 0 unspecified atom stereocenters. The molecule has 1 atom stereocenters. The van der Waals surface area contributed by atoms with Crippen molar-refractivity contribution in [2.75, 3.05) is 34.4 Å². The van der Waals surface area contributed by atoms with Crippen LogP contribution in [0.2, 0.25) is 0 Å². The Kier molecular flexibility index (Phi) is 6.35. The lowest BCUT2D eigenvalue weighted by atomic mass is 10.0. The third kappa shape index (κ3) is 4.42. The lowest BCUT2D eigenvalue weighted by Crippen LogP contribution is -2.40. The molecule has 1 aliphatic rings. The predicted octanol–water partition coefficient (Wildman–Crippen LogP) is 3.50. The smallest absolute Gasteiger partial charge is 0.244 e. The second-order valence-electron chi connectivity index (χ2n) is 6.95. The first-order chi connectivity index (χ1) is 13.1. The van der Waals surface area contributed by atoms with Crippen molar-refractivity contribution in [1.82, 2.24) is 9.80 Å². The molecule has 0 radical (unpaired) electrons. The summed E-state index contributed by atoms with van der Waals surface area (Å²) in [6, 6.07) is 15.6. The Morgan fingerprint density at radius 1 is 1.04 bits per heavy atom. The highest BCUT2D eigenvalue weighted by Crippen LogP contribution is 2.30. The number of likely N-dealkylation sites (tertiary alicyclic amines) is 1. The lowest BCUT2D eigenvalue weighted by molar-refractivity contribution is -0.136. The molecule has 3 rings (SSSR count). The molecule has 2 aromatic carbocycles. The Labute approximate surface area is 161 Å². The molecule has 5 heteroatoms. The second kappa shape index (κ2) is 8.91. The molecule has 1 heterocycles. The van der Waals surface area contributed by atoms with Crippen LogP contribution in [0.15, 0.2) is 48.5 Å². The normalized spacial score (nSPS) is 15.0. The average Bonchev–Trinajstić information content (AvgIpc) is 3.23. The number of hydrogen-bond donors (Lipinski definition) is 0. The van der Waals surface area contributed by atoms with Gasteiger partial charge < -0.3 is 14.4 Å². The van der Waals surface area contributed by atoms with E-state index in [0.717, 1.165) is 37.1 Å². The van der Waals surface area contributed by atoms with Crippen LogP contribution in [0.25, 0.3) is 0 Å². The number of nitrogens with zero attached hydrogens (tertiary/aromatic N) is 2. The van der Waals surface area contributed by atoms with Gasteiger partial charge in [0.1, 0.15) is 6.04 Å². The zero-order chi connectivity index (χ0) is 19.2. The fourth-order valence-corrected chi connectivity index (χ4v) is 3.69. The largest absolute Gasteiger partial charge is 0.493 e. The summed E-state index contributed by atoms with van der Waals surface area (Å²) < 4.78 is 10.7. The molecular weight excluding hydrogens is 340 g/mol. The van der Waals surface area contributed by atoms with Crippen molar-refractivity contribution in [2.45, 2.75) is 25.4 Å². The molecule has 27 heavy (non-hydrogen) atoms. The molecule has 1 amide bonds. The molecule has 0 aliphatic carbocycles. The highest BCUT2D eigenvalue weighted by Gasteiger charge is 2.30. The van der Waals surface area contributed by atoms with Gasteiger partial charge in [-0.3, -0.25) is 9.69 Å². The van der Waals surface area contributed by atoms with Gasteiger partial charge in [-0.2, -0.15) is 0 Å². The van der Waals surface area contributed by atoms with Crippen LogP contribution in [0.4, 0.5) is 0 Å². The molecular formula is C22H28N2O3. The number of carbonyl (C=O) groups is 1. The van der Waals surface area contributed by atoms with E-state index in [0.29, 0.717) is 18.0 Å². The molecule has 1 fully saturated rings. The maximum Gasteiger partial charge on any atom is 0.244 e. The van der Waals surface area contributed by atoms with Gasteiger partial charge in [-0.1, -0.05) is 36.4 Å². The van der Waals surface area contributed by atoms with Crippen LogP contribution in [0, 0.1) is 0 Å². The summed E-state index contributed by atoms with van der Waals surface area (Å²) in [4.78, 5) is 17.3. The first kappa shape index (κ1) is 19.2. The molecule has 0 spiro atoms. The number of benzene rings is 2. The van der Waals surface area contributed by atoms with E-state index < -0.39 is 0 Å². The summed E-state index contributed by atoms with van der Waals surface area (Å²) in [5.74, 6) is 1.59. The first-order valence-corrected chi connectivity index (χ1v) is 9.39. The van der Waals surface area contributed by atoms with Crippen LogP contribution in [-0.2, 0) is 11.3 Å². The van der Waals surface area contributed by atoms with Gasteiger partial charge in [-0.25, -0.2) is 0 Å². The SMILES string of the molecule is COc1ccc(CN(C)[C@H](C(=O)N2CCCC2)c2ccccc2)cc1OC. The molecule has 0 bridgehead atoms. The maximum atomic E-state index is 13.2. The fourth-order valence-electron chi connectivity index (χ4n) is 3.69. The molecule has 0 N–H and O–H groups in total. The van der Waals surface area contributed by atoms with Gasteiger partial charge in [-0.15, -0.1) is 0 Å². The van der Waals surface area contributed by atoms with E-state index in [4.69, 9.17) is 9.47 Å². The molecule has 2 aromatic rings. The second-order valence-corrected chi connectivity index (χ2v) is 6.95. The topological polar surface area (TPSA) is 42.0 Å². The van der Waals surface area contributed by atoms with Crippen molar-refractivity contribution >= 4 is 5.91 Å². The quantitative estimate of drug-likeness (QED) is 0.750. The number of rotatable bonds is 7. The van der Waals surface area contributed by atoms with E-state index in [2.05, 4.69) is 4.90 Å². The van der Waals surface area contributed by atoms with Crippen LogP contribution in [0.3, 0.4) is 0 Å². The summed E-state index contributed by atoms with van der Waals surface area (Å²) in [7, 11) is 5.27. The molecule has 0 aromatic heterocycles. The number of likely N-dealkylation sites (N-methyl/N-ethyl adjacent to an activating group) is 1. The van der Waals surface area contributed by atoms with Crippen molar-refractivity contribution in [3.8, 4) is 11.5 Å². The number of carbonyl (C=O) groups excluding carboxylic acids is 1. The van der Waals surface area contributed by atoms with E-state index in [1.54, 1.807) is 14.2 Å². The molecule has 144 valence electrons. The highest BCUT2D eigenvalue weighted by atomic mass is 16.5. The van der Waals surface area contributed by atoms with Crippen LogP contribution >= 0.6 is 0 Å². The van der Waals surface area contributed by atoms with Crippen LogP contribution < -0.4 is 9.47 Å². The summed E-state index contributed by atoms with van der Waals surface area (Å²) in [6.45, 7) is 2.35. The van der Waals surface area contributed by atoms with Crippen LogP contribution in [0.1, 0.15) is 30.0 Å². The van der Waals surface area contributed by atoms with Gasteiger partial charge in [0.2, 0.25) is 5.91 Å². The Hall–Kier alpha value is -2.53. The minimum Gasteiger partial charge on any atom is -0.493 e. The molecule has 1 saturated heterocycles. The van der Waals surface area contributed by atoms with E-state index >= 15 is 0 Å². The third-order valence-electron chi connectivity index (χ3n) is 5.09. The molecule has 1 aliphatic heterocycles. The average molecular weight is 368 g/mol. The third-order valence-corrected chi connectivity index (χ3v) is 5.09. The summed E-state index contributed by atoms with van der Waals surface area (Å²) >= 11 is 0. The number of hydrogen-bond acceptors (Lipinski definition) is 4. The lowest BCUT2D eigenvalue weighted by Gasteiger charge is -2.31. The number of ether oxygens (including phenoxy) is 2. The Bertz CT molecular complexity index is 757. The van der Waals surface area contributed by atoms with Crippen LogP contribution in [-0.4, -0.2) is 50.1 Å². The van der Waals surface area contributed by atoms with Crippen molar-refractivity contribution in [2.24, 2.45) is 0 Å². The maximum absolute atomic E-state index is 13.2. The van der Waals surface area contributed by atoms with Crippen molar-refractivity contribution in [3.63, 3.8) is 0 Å². The number of amides is 1. The fraction of sp³-hybridized carbons (Fsp3) is 0.409. The summed E-state index contributed by atoms with van der Waals surface area (Å²) in [6.07, 6.45) is 2.18. The van der Waals surface area contributed by atoms with Gasteiger partial charge in [0.25, 0.3) is 0 Å². The zero-order valence-corrected chi connectivity index (χ0v) is 16.4. The Morgan fingerprint density at radius 3 is 2.33 bits per heavy atom. The van der Waals surface area contributed by atoms with E-state index in [1.807, 2.05) is 60.5 Å². The first-order valence-electron chi connectivity index (χ1n) is 9.39. The molecule has 0 saturated carbocycles. The van der Waals surface area contributed by atoms with Gasteiger partial charge in [0.15, 0.2) is 11.5 Å². The van der Waals surface area contributed by atoms with Gasteiger partial charge >= 0.3 is 0 Å².